The molecule has 0 bridgehead atoms. The van der Waals surface area contributed by atoms with E-state index < -0.39 is 5.41 Å². The molecule has 65 heavy (non-hydrogen) atoms. The molecule has 12 rings (SSSR count). The van der Waals surface area contributed by atoms with Gasteiger partial charge in [-0.1, -0.05) is 220 Å². The van der Waals surface area contributed by atoms with Crippen LogP contribution in [0.4, 0.5) is 0 Å². The molecule has 0 fully saturated rings. The topological polar surface area (TPSA) is 43.6 Å². The number of aromatic nitrogens is 4. The second-order valence-electron chi connectivity index (χ2n) is 17.6. The average molecular weight is 833 g/mol. The Hall–Kier alpha value is -8.21. The summed E-state index contributed by atoms with van der Waals surface area (Å²) in [6.45, 7) is 4.70. The lowest BCUT2D eigenvalue weighted by atomic mass is 9.65. The van der Waals surface area contributed by atoms with Gasteiger partial charge in [-0.15, -0.1) is 0 Å². The lowest BCUT2D eigenvalue weighted by Crippen LogP contribution is -2.31. The van der Waals surface area contributed by atoms with E-state index in [2.05, 4.69) is 231 Å². The van der Waals surface area contributed by atoms with Crippen LogP contribution in [0, 0.1) is 0 Å². The van der Waals surface area contributed by atoms with Crippen molar-refractivity contribution < 1.29 is 0 Å². The lowest BCUT2D eigenvalue weighted by Gasteiger charge is -2.37. The maximum atomic E-state index is 5.36. The monoisotopic (exact) mass is 832 g/mol. The maximum Gasteiger partial charge on any atom is 0.164 e. The summed E-state index contributed by atoms with van der Waals surface area (Å²) in [7, 11) is 0. The lowest BCUT2D eigenvalue weighted by molar-refractivity contribution is 0.661. The van der Waals surface area contributed by atoms with E-state index in [9.17, 15) is 0 Å². The van der Waals surface area contributed by atoms with Gasteiger partial charge in [-0.3, -0.25) is 0 Å². The van der Waals surface area contributed by atoms with Crippen molar-refractivity contribution in [1.29, 1.82) is 0 Å². The van der Waals surface area contributed by atoms with Gasteiger partial charge in [0.05, 0.1) is 16.4 Å². The van der Waals surface area contributed by atoms with Gasteiger partial charge in [0, 0.05) is 44.1 Å². The Labute approximate surface area is 379 Å². The van der Waals surface area contributed by atoms with Gasteiger partial charge in [-0.2, -0.15) is 0 Å². The smallest absolute Gasteiger partial charge is 0.164 e. The SMILES string of the molecule is CC1(C)c2ccccc2-c2c1ccc1c3ccccc3n(-c3cccc(-c4nc(-c5ccccc5)nc(-c5cccc(C(c6ccccc6)(c6ccccc6)c6ccccc6)c5)n4)c3)c21. The second-order valence-corrected chi connectivity index (χ2v) is 17.6. The number of rotatable bonds is 8. The van der Waals surface area contributed by atoms with Crippen molar-refractivity contribution in [1.82, 2.24) is 19.5 Å². The zero-order valence-electron chi connectivity index (χ0n) is 36.2. The summed E-state index contributed by atoms with van der Waals surface area (Å²) in [6, 6.07) is 82.5. The van der Waals surface area contributed by atoms with Crippen molar-refractivity contribution in [2.45, 2.75) is 24.7 Å². The molecule has 0 atom stereocenters. The molecule has 0 aliphatic heterocycles. The van der Waals surface area contributed by atoms with E-state index in [1.54, 1.807) is 0 Å². The Kier molecular flexibility index (Phi) is 9.03. The molecule has 4 nitrogen and oxygen atoms in total. The third-order valence-corrected chi connectivity index (χ3v) is 13.6. The predicted molar refractivity (Wildman–Crippen MR) is 266 cm³/mol. The number of hydrogen-bond donors (Lipinski definition) is 0. The van der Waals surface area contributed by atoms with Crippen LogP contribution in [0.15, 0.2) is 231 Å². The van der Waals surface area contributed by atoms with Gasteiger partial charge in [0.2, 0.25) is 0 Å². The third-order valence-electron chi connectivity index (χ3n) is 13.6. The molecule has 2 aromatic heterocycles. The molecule has 11 aromatic rings. The fraction of sp³-hybridized carbons (Fsp3) is 0.0656. The molecule has 2 heterocycles. The van der Waals surface area contributed by atoms with Crippen molar-refractivity contribution in [3.8, 4) is 51.0 Å². The van der Waals surface area contributed by atoms with Gasteiger partial charge < -0.3 is 4.57 Å². The number of benzene rings is 9. The van der Waals surface area contributed by atoms with E-state index in [0.717, 1.165) is 33.5 Å². The minimum absolute atomic E-state index is 0.126. The van der Waals surface area contributed by atoms with Crippen LogP contribution in [0.5, 0.6) is 0 Å². The first-order valence-corrected chi connectivity index (χ1v) is 22.4. The van der Waals surface area contributed by atoms with Crippen molar-refractivity contribution in [3.05, 3.63) is 264 Å². The molecule has 1 aliphatic carbocycles. The summed E-state index contributed by atoms with van der Waals surface area (Å²) < 4.78 is 2.45. The van der Waals surface area contributed by atoms with Crippen molar-refractivity contribution in [2.24, 2.45) is 0 Å². The van der Waals surface area contributed by atoms with E-state index >= 15 is 0 Å². The van der Waals surface area contributed by atoms with Crippen LogP contribution in [-0.4, -0.2) is 19.5 Å². The van der Waals surface area contributed by atoms with Crippen molar-refractivity contribution >= 4 is 21.8 Å². The Morgan fingerprint density at radius 3 is 1.52 bits per heavy atom. The zero-order valence-corrected chi connectivity index (χ0v) is 36.2. The molecule has 0 saturated carbocycles. The van der Waals surface area contributed by atoms with Gasteiger partial charge in [-0.25, -0.2) is 15.0 Å². The maximum absolute atomic E-state index is 5.36. The van der Waals surface area contributed by atoms with Crippen molar-refractivity contribution in [3.63, 3.8) is 0 Å². The van der Waals surface area contributed by atoms with Crippen LogP contribution in [0.2, 0.25) is 0 Å². The summed E-state index contributed by atoms with van der Waals surface area (Å²) in [5, 5.41) is 2.47. The molecule has 4 heteroatoms. The number of fused-ring (bicyclic) bond motifs is 7. The highest BCUT2D eigenvalue weighted by atomic mass is 15.0. The van der Waals surface area contributed by atoms with Crippen LogP contribution in [-0.2, 0) is 10.8 Å². The van der Waals surface area contributed by atoms with E-state index in [-0.39, 0.29) is 5.41 Å². The quantitative estimate of drug-likeness (QED) is 0.143. The van der Waals surface area contributed by atoms with Gasteiger partial charge >= 0.3 is 0 Å². The first-order chi connectivity index (χ1) is 32.0. The first-order valence-electron chi connectivity index (χ1n) is 22.4. The number of hydrogen-bond acceptors (Lipinski definition) is 3. The van der Waals surface area contributed by atoms with Gasteiger partial charge in [0.1, 0.15) is 0 Å². The van der Waals surface area contributed by atoms with Crippen LogP contribution < -0.4 is 0 Å². The molecule has 0 unspecified atom stereocenters. The van der Waals surface area contributed by atoms with Crippen LogP contribution in [0.1, 0.15) is 47.2 Å². The highest BCUT2D eigenvalue weighted by Gasteiger charge is 2.39. The molecular weight excluding hydrogens is 789 g/mol. The summed E-state index contributed by atoms with van der Waals surface area (Å²) in [5.41, 5.74) is 15.4. The van der Waals surface area contributed by atoms with Crippen molar-refractivity contribution in [2.75, 3.05) is 0 Å². The van der Waals surface area contributed by atoms with Crippen LogP contribution >= 0.6 is 0 Å². The molecule has 0 amide bonds. The minimum Gasteiger partial charge on any atom is -0.309 e. The van der Waals surface area contributed by atoms with E-state index in [4.69, 9.17) is 15.0 Å². The second kappa shape index (κ2) is 15.3. The van der Waals surface area contributed by atoms with Gasteiger partial charge in [0.25, 0.3) is 0 Å². The largest absolute Gasteiger partial charge is 0.309 e. The molecule has 0 N–H and O–H groups in total. The summed E-state index contributed by atoms with van der Waals surface area (Å²) in [4.78, 5) is 15.8. The normalized spacial score (nSPS) is 12.9. The highest BCUT2D eigenvalue weighted by Crippen LogP contribution is 2.53. The number of nitrogens with zero attached hydrogens (tertiary/aromatic N) is 4. The Morgan fingerprint density at radius 1 is 0.385 bits per heavy atom. The average Bonchev–Trinajstić information content (AvgIpc) is 3.84. The summed E-state index contributed by atoms with van der Waals surface area (Å²) >= 11 is 0. The van der Waals surface area contributed by atoms with Gasteiger partial charge in [-0.05, 0) is 63.2 Å². The third kappa shape index (κ3) is 6.09. The molecule has 0 spiro atoms. The Morgan fingerprint density at radius 2 is 0.877 bits per heavy atom. The highest BCUT2D eigenvalue weighted by molar-refractivity contribution is 6.15. The molecule has 9 aromatic carbocycles. The van der Waals surface area contributed by atoms with E-state index in [1.165, 1.54) is 55.2 Å². The fourth-order valence-corrected chi connectivity index (χ4v) is 10.6. The Balaban J connectivity index is 1.07. The zero-order chi connectivity index (χ0) is 43.5. The summed E-state index contributed by atoms with van der Waals surface area (Å²) in [5.74, 6) is 1.84. The molecule has 308 valence electrons. The van der Waals surface area contributed by atoms with Crippen LogP contribution in [0.3, 0.4) is 0 Å². The standard InChI is InChI=1S/C61H44N4/c1-60(2)52-35-17-15-34-51(52)55-53(60)38-37-50-49-33-16-18-36-54(49)65(56(50)55)48-32-20-24-43(40-48)59-63-57(41-21-7-3-8-22-41)62-58(64-59)42-23-19-31-47(39-42)61(44-25-9-4-10-26-44,45-27-11-5-12-28-45)46-29-13-6-14-30-46/h3-40H,1-2H3. The predicted octanol–water partition coefficient (Wildman–Crippen LogP) is 14.7. The number of para-hydroxylation sites is 1. The Bertz CT molecular complexity index is 3460. The summed E-state index contributed by atoms with van der Waals surface area (Å²) in [6.07, 6.45) is 0. The molecule has 1 aliphatic rings. The van der Waals surface area contributed by atoms with E-state index in [0.29, 0.717) is 17.5 Å². The van der Waals surface area contributed by atoms with Crippen LogP contribution in [0.25, 0.3) is 72.8 Å². The minimum atomic E-state index is -0.621. The fourth-order valence-electron chi connectivity index (χ4n) is 10.6. The molecule has 0 saturated heterocycles. The van der Waals surface area contributed by atoms with Gasteiger partial charge in [0.15, 0.2) is 17.5 Å². The first kappa shape index (κ1) is 38.5. The van der Waals surface area contributed by atoms with E-state index in [1.807, 2.05) is 18.2 Å². The molecule has 0 radical (unpaired) electrons. The molecular formula is C61H44N4.